The molecule has 0 atom stereocenters. The van der Waals surface area contributed by atoms with Gasteiger partial charge in [-0.1, -0.05) is 11.8 Å². The summed E-state index contributed by atoms with van der Waals surface area (Å²) in [5, 5.41) is 9.23. The maximum Gasteiger partial charge on any atom is 0.316 e. The highest BCUT2D eigenvalue weighted by Gasteiger charge is 2.10. The molecule has 0 fully saturated rings. The number of hydrogen-bond acceptors (Lipinski definition) is 8. The van der Waals surface area contributed by atoms with Gasteiger partial charge in [0.1, 0.15) is 16.7 Å². The van der Waals surface area contributed by atoms with Gasteiger partial charge in [0, 0.05) is 0 Å². The highest BCUT2D eigenvalue weighted by atomic mass is 32.2. The van der Waals surface area contributed by atoms with Gasteiger partial charge in [0.15, 0.2) is 0 Å². The van der Waals surface area contributed by atoms with E-state index in [9.17, 15) is 4.79 Å². The zero-order valence-electron chi connectivity index (χ0n) is 9.14. The molecule has 0 aliphatic heterocycles. The number of carbonyl (C=O) groups excluding carboxylic acids is 1. The van der Waals surface area contributed by atoms with Gasteiger partial charge < -0.3 is 4.74 Å². The van der Waals surface area contributed by atoms with E-state index in [0.29, 0.717) is 17.2 Å². The van der Waals surface area contributed by atoms with Gasteiger partial charge in [-0.25, -0.2) is 15.8 Å². The number of ether oxygens (including phenoxy) is 1. The minimum absolute atomic E-state index is 0.0868. The highest BCUT2D eigenvalue weighted by molar-refractivity contribution is 7.99. The maximum atomic E-state index is 11.2. The zero-order valence-corrected chi connectivity index (χ0v) is 9.95. The smallest absolute Gasteiger partial charge is 0.316 e. The van der Waals surface area contributed by atoms with Crippen molar-refractivity contribution < 1.29 is 9.53 Å². The van der Waals surface area contributed by atoms with E-state index in [4.69, 9.17) is 15.8 Å². The first-order chi connectivity index (χ1) is 8.21. The van der Waals surface area contributed by atoms with Crippen LogP contribution in [0.15, 0.2) is 11.2 Å². The fourth-order valence-corrected chi connectivity index (χ4v) is 1.70. The summed E-state index contributed by atoms with van der Waals surface area (Å²) in [4.78, 5) is 18.9. The molecule has 0 aromatic carbocycles. The monoisotopic (exact) mass is 253 g/mol. The molecule has 1 heterocycles. The van der Waals surface area contributed by atoms with Crippen molar-refractivity contribution in [1.82, 2.24) is 9.97 Å². The van der Waals surface area contributed by atoms with E-state index in [1.807, 2.05) is 6.07 Å². The number of anilines is 1. The number of esters is 1. The van der Waals surface area contributed by atoms with Gasteiger partial charge in [0.05, 0.1) is 18.6 Å². The lowest BCUT2D eigenvalue weighted by Crippen LogP contribution is -2.12. The average Bonchev–Trinajstić information content (AvgIpc) is 2.36. The van der Waals surface area contributed by atoms with Crippen molar-refractivity contribution in [3.05, 3.63) is 11.8 Å². The Morgan fingerprint density at radius 3 is 3.12 bits per heavy atom. The van der Waals surface area contributed by atoms with Gasteiger partial charge in [-0.2, -0.15) is 5.26 Å². The Kier molecular flexibility index (Phi) is 5.19. The Morgan fingerprint density at radius 2 is 2.53 bits per heavy atom. The van der Waals surface area contributed by atoms with Crippen LogP contribution in [-0.4, -0.2) is 28.3 Å². The SMILES string of the molecule is CCOC(=O)CSc1nc(NN)ncc1C#N. The van der Waals surface area contributed by atoms with Crippen molar-refractivity contribution >= 4 is 23.7 Å². The summed E-state index contributed by atoms with van der Waals surface area (Å²) in [6.07, 6.45) is 1.34. The molecule has 7 nitrogen and oxygen atoms in total. The van der Waals surface area contributed by atoms with Crippen LogP contribution in [0.1, 0.15) is 12.5 Å². The molecule has 0 saturated heterocycles. The number of nitriles is 1. The molecule has 17 heavy (non-hydrogen) atoms. The number of nitrogens with zero attached hydrogens (tertiary/aromatic N) is 3. The molecule has 1 rings (SSSR count). The van der Waals surface area contributed by atoms with Crippen LogP contribution in [0, 0.1) is 11.3 Å². The number of carbonyl (C=O) groups is 1. The van der Waals surface area contributed by atoms with E-state index in [1.54, 1.807) is 6.92 Å². The number of hydrazine groups is 1. The minimum Gasteiger partial charge on any atom is -0.465 e. The second kappa shape index (κ2) is 6.67. The molecule has 0 radical (unpaired) electrons. The number of nitrogens with one attached hydrogen (secondary N) is 1. The Hall–Kier alpha value is -1.85. The van der Waals surface area contributed by atoms with Crippen LogP contribution < -0.4 is 11.3 Å². The molecule has 1 aromatic rings. The third-order valence-electron chi connectivity index (χ3n) is 1.64. The van der Waals surface area contributed by atoms with E-state index in [1.165, 1.54) is 6.20 Å². The van der Waals surface area contributed by atoms with Crippen molar-refractivity contribution in [2.24, 2.45) is 5.84 Å². The molecular weight excluding hydrogens is 242 g/mol. The van der Waals surface area contributed by atoms with Crippen molar-refractivity contribution in [3.63, 3.8) is 0 Å². The summed E-state index contributed by atoms with van der Waals surface area (Å²) in [5.41, 5.74) is 2.56. The van der Waals surface area contributed by atoms with Crippen molar-refractivity contribution in [1.29, 1.82) is 5.26 Å². The third-order valence-corrected chi connectivity index (χ3v) is 2.60. The number of nitrogens with two attached hydrogens (primary N) is 1. The summed E-state index contributed by atoms with van der Waals surface area (Å²) in [5.74, 6) is 5.07. The molecule has 0 aliphatic rings. The van der Waals surface area contributed by atoms with Crippen LogP contribution in [0.3, 0.4) is 0 Å². The Bertz CT molecular complexity index is 446. The molecule has 1 aromatic heterocycles. The van der Waals surface area contributed by atoms with E-state index in [-0.39, 0.29) is 17.7 Å². The first kappa shape index (κ1) is 13.2. The standard InChI is InChI=1S/C9H11N5O2S/c1-2-16-7(15)5-17-8-6(3-10)4-12-9(13-8)14-11/h4H,2,5,11H2,1H3,(H,12,13,14). The van der Waals surface area contributed by atoms with Crippen LogP contribution in [0.2, 0.25) is 0 Å². The molecular formula is C9H11N5O2S. The fraction of sp³-hybridized carbons (Fsp3) is 0.333. The van der Waals surface area contributed by atoms with Gasteiger partial charge in [-0.05, 0) is 6.92 Å². The van der Waals surface area contributed by atoms with E-state index >= 15 is 0 Å². The topological polar surface area (TPSA) is 114 Å². The van der Waals surface area contributed by atoms with E-state index in [2.05, 4.69) is 15.4 Å². The number of nitrogen functional groups attached to an aromatic ring is 1. The molecule has 3 N–H and O–H groups in total. The van der Waals surface area contributed by atoms with Gasteiger partial charge in [0.2, 0.25) is 5.95 Å². The van der Waals surface area contributed by atoms with Crippen LogP contribution in [0.5, 0.6) is 0 Å². The maximum absolute atomic E-state index is 11.2. The third kappa shape index (κ3) is 3.90. The van der Waals surface area contributed by atoms with Crippen LogP contribution >= 0.6 is 11.8 Å². The lowest BCUT2D eigenvalue weighted by atomic mass is 10.4. The molecule has 0 spiro atoms. The lowest BCUT2D eigenvalue weighted by Gasteiger charge is -2.04. The number of rotatable bonds is 5. The van der Waals surface area contributed by atoms with Crippen molar-refractivity contribution in [2.45, 2.75) is 11.9 Å². The fourth-order valence-electron chi connectivity index (χ4n) is 0.952. The molecule has 0 aliphatic carbocycles. The number of hydrogen-bond donors (Lipinski definition) is 2. The molecule has 90 valence electrons. The van der Waals surface area contributed by atoms with E-state index in [0.717, 1.165) is 11.8 Å². The Labute approximate surface area is 102 Å². The normalized spacial score (nSPS) is 9.47. The van der Waals surface area contributed by atoms with Crippen LogP contribution in [-0.2, 0) is 9.53 Å². The first-order valence-electron chi connectivity index (χ1n) is 4.73. The summed E-state index contributed by atoms with van der Waals surface area (Å²) >= 11 is 1.11. The quantitative estimate of drug-likeness (QED) is 0.253. The number of aromatic nitrogens is 2. The Morgan fingerprint density at radius 1 is 1.76 bits per heavy atom. The summed E-state index contributed by atoms with van der Waals surface area (Å²) < 4.78 is 4.77. The molecule has 0 unspecified atom stereocenters. The predicted molar refractivity (Wildman–Crippen MR) is 61.9 cm³/mol. The lowest BCUT2D eigenvalue weighted by molar-refractivity contribution is -0.139. The average molecular weight is 253 g/mol. The second-order valence-electron chi connectivity index (χ2n) is 2.76. The summed E-state index contributed by atoms with van der Waals surface area (Å²) in [6, 6.07) is 1.94. The predicted octanol–water partition coefficient (Wildman–Crippen LogP) is 0.289. The highest BCUT2D eigenvalue weighted by Crippen LogP contribution is 2.20. The zero-order chi connectivity index (χ0) is 12.7. The van der Waals surface area contributed by atoms with Gasteiger partial charge in [-0.3, -0.25) is 10.2 Å². The molecule has 8 heteroatoms. The molecule has 0 bridgehead atoms. The van der Waals surface area contributed by atoms with Gasteiger partial charge in [0.25, 0.3) is 0 Å². The first-order valence-corrected chi connectivity index (χ1v) is 5.72. The van der Waals surface area contributed by atoms with Gasteiger partial charge in [-0.15, -0.1) is 0 Å². The molecule has 0 saturated carbocycles. The van der Waals surface area contributed by atoms with E-state index < -0.39 is 0 Å². The van der Waals surface area contributed by atoms with Crippen LogP contribution in [0.25, 0.3) is 0 Å². The largest absolute Gasteiger partial charge is 0.465 e. The van der Waals surface area contributed by atoms with Crippen molar-refractivity contribution in [2.75, 3.05) is 17.8 Å². The van der Waals surface area contributed by atoms with Crippen molar-refractivity contribution in [3.8, 4) is 6.07 Å². The second-order valence-corrected chi connectivity index (χ2v) is 3.73. The summed E-state index contributed by atoms with van der Waals surface area (Å²) in [7, 11) is 0. The Balaban J connectivity index is 2.75. The van der Waals surface area contributed by atoms with Gasteiger partial charge >= 0.3 is 5.97 Å². The number of thioether (sulfide) groups is 1. The summed E-state index contributed by atoms with van der Waals surface area (Å²) in [6.45, 7) is 2.05. The molecule has 0 amide bonds. The van der Waals surface area contributed by atoms with Crippen LogP contribution in [0.4, 0.5) is 5.95 Å². The minimum atomic E-state index is -0.359.